The van der Waals surface area contributed by atoms with Crippen LogP contribution in [-0.4, -0.2) is 83.8 Å². The second kappa shape index (κ2) is 11.1. The van der Waals surface area contributed by atoms with Gasteiger partial charge < -0.3 is 23.9 Å². The van der Waals surface area contributed by atoms with E-state index in [1.807, 2.05) is 36.4 Å². The fourth-order valence-electron chi connectivity index (χ4n) is 4.56. The lowest BCUT2D eigenvalue weighted by Crippen LogP contribution is -2.52. The lowest BCUT2D eigenvalue weighted by molar-refractivity contribution is -0.132. The Balaban J connectivity index is 1.18. The molecule has 2 fully saturated rings. The van der Waals surface area contributed by atoms with Crippen molar-refractivity contribution < 1.29 is 18.7 Å². The van der Waals surface area contributed by atoms with Crippen molar-refractivity contribution >= 4 is 29.2 Å². The van der Waals surface area contributed by atoms with Gasteiger partial charge in [0.05, 0.1) is 23.1 Å². The van der Waals surface area contributed by atoms with Crippen molar-refractivity contribution in [2.24, 2.45) is 0 Å². The molecule has 0 saturated carbocycles. The summed E-state index contributed by atoms with van der Waals surface area (Å²) in [7, 11) is 0. The average molecular weight is 510 g/mol. The summed E-state index contributed by atoms with van der Waals surface area (Å²) in [6, 6.07) is 14.6. The SMILES string of the molecule is O=C(CN(C[C@H]1CCCO1)C(=O)c1ccco1)N1CCN(c2ccc(-c3ccccc3Cl)nn2)CC1. The summed E-state index contributed by atoms with van der Waals surface area (Å²) >= 11 is 6.27. The normalized spacial score (nSPS) is 17.9. The van der Waals surface area contributed by atoms with Crippen LogP contribution in [0.1, 0.15) is 23.4 Å². The maximum Gasteiger partial charge on any atom is 0.290 e. The molecule has 0 radical (unpaired) electrons. The number of nitrogens with zero attached hydrogens (tertiary/aromatic N) is 5. The lowest BCUT2D eigenvalue weighted by Gasteiger charge is -2.36. The van der Waals surface area contributed by atoms with E-state index in [0.717, 1.165) is 24.2 Å². The Morgan fingerprint density at radius 3 is 2.53 bits per heavy atom. The van der Waals surface area contributed by atoms with E-state index in [4.69, 9.17) is 20.8 Å². The molecule has 5 rings (SSSR count). The number of furan rings is 1. The largest absolute Gasteiger partial charge is 0.459 e. The van der Waals surface area contributed by atoms with Gasteiger partial charge in [0.1, 0.15) is 6.54 Å². The number of anilines is 1. The van der Waals surface area contributed by atoms with Crippen LogP contribution in [-0.2, 0) is 9.53 Å². The Hall–Kier alpha value is -3.43. The molecule has 3 aromatic rings. The molecule has 9 nitrogen and oxygen atoms in total. The molecule has 0 aliphatic carbocycles. The monoisotopic (exact) mass is 509 g/mol. The molecular weight excluding hydrogens is 482 g/mol. The second-order valence-corrected chi connectivity index (χ2v) is 9.33. The number of benzene rings is 1. The van der Waals surface area contributed by atoms with Crippen molar-refractivity contribution in [1.82, 2.24) is 20.0 Å². The predicted octanol–water partition coefficient (Wildman–Crippen LogP) is 3.36. The predicted molar refractivity (Wildman–Crippen MR) is 135 cm³/mol. The van der Waals surface area contributed by atoms with E-state index in [2.05, 4.69) is 15.1 Å². The number of carbonyl (C=O) groups is 2. The first-order valence-electron chi connectivity index (χ1n) is 12.1. The van der Waals surface area contributed by atoms with E-state index in [-0.39, 0.29) is 30.2 Å². The summed E-state index contributed by atoms with van der Waals surface area (Å²) in [5.41, 5.74) is 1.55. The van der Waals surface area contributed by atoms with Crippen LogP contribution in [0.2, 0.25) is 5.02 Å². The van der Waals surface area contributed by atoms with Crippen LogP contribution in [0.4, 0.5) is 5.82 Å². The fraction of sp³-hybridized carbons (Fsp3) is 0.385. The summed E-state index contributed by atoms with van der Waals surface area (Å²) in [5.74, 6) is 0.597. The Bertz CT molecular complexity index is 1170. The third-order valence-electron chi connectivity index (χ3n) is 6.55. The molecule has 2 aromatic heterocycles. The maximum absolute atomic E-state index is 13.1. The Kier molecular flexibility index (Phi) is 7.48. The molecule has 4 heterocycles. The van der Waals surface area contributed by atoms with Gasteiger partial charge in [-0.05, 0) is 43.2 Å². The first-order chi connectivity index (χ1) is 17.6. The van der Waals surface area contributed by atoms with Gasteiger partial charge in [0.2, 0.25) is 5.91 Å². The third kappa shape index (κ3) is 5.52. The topological polar surface area (TPSA) is 92.0 Å². The first kappa shape index (κ1) is 24.3. The van der Waals surface area contributed by atoms with Gasteiger partial charge in [-0.2, -0.15) is 0 Å². The number of rotatable bonds is 7. The number of carbonyl (C=O) groups excluding carboxylic acids is 2. The minimum absolute atomic E-state index is 0.00820. The minimum Gasteiger partial charge on any atom is -0.459 e. The summed E-state index contributed by atoms with van der Waals surface area (Å²) in [6.07, 6.45) is 3.25. The molecule has 36 heavy (non-hydrogen) atoms. The van der Waals surface area contributed by atoms with Gasteiger partial charge in [0.15, 0.2) is 11.6 Å². The lowest BCUT2D eigenvalue weighted by atomic mass is 10.1. The Labute approximate surface area is 214 Å². The summed E-state index contributed by atoms with van der Waals surface area (Å²) in [5, 5.41) is 9.36. The van der Waals surface area contributed by atoms with Crippen LogP contribution < -0.4 is 4.90 Å². The number of hydrogen-bond acceptors (Lipinski definition) is 7. The molecule has 0 N–H and O–H groups in total. The van der Waals surface area contributed by atoms with Crippen LogP contribution in [0, 0.1) is 0 Å². The molecule has 0 spiro atoms. The highest BCUT2D eigenvalue weighted by Crippen LogP contribution is 2.26. The van der Waals surface area contributed by atoms with Gasteiger partial charge >= 0.3 is 0 Å². The van der Waals surface area contributed by atoms with Crippen molar-refractivity contribution in [2.75, 3.05) is 50.8 Å². The van der Waals surface area contributed by atoms with E-state index in [0.29, 0.717) is 50.0 Å². The average Bonchev–Trinajstić information content (AvgIpc) is 3.63. The molecule has 188 valence electrons. The van der Waals surface area contributed by atoms with Gasteiger partial charge in [-0.15, -0.1) is 10.2 Å². The third-order valence-corrected chi connectivity index (χ3v) is 6.88. The van der Waals surface area contributed by atoms with Gasteiger partial charge in [-0.3, -0.25) is 9.59 Å². The van der Waals surface area contributed by atoms with Crippen molar-refractivity contribution in [2.45, 2.75) is 18.9 Å². The van der Waals surface area contributed by atoms with Gasteiger partial charge in [0, 0.05) is 44.9 Å². The van der Waals surface area contributed by atoms with Crippen LogP contribution in [0.25, 0.3) is 11.3 Å². The van der Waals surface area contributed by atoms with Crippen LogP contribution >= 0.6 is 11.6 Å². The van der Waals surface area contributed by atoms with Crippen molar-refractivity contribution in [3.63, 3.8) is 0 Å². The standard InChI is InChI=1S/C26H28ClN5O4/c27-21-7-2-1-6-20(21)22-9-10-24(29-28-22)30-11-13-31(14-12-30)25(33)18-32(17-19-5-3-15-35-19)26(34)23-8-4-16-36-23/h1-2,4,6-10,16,19H,3,5,11-15,17-18H2/t19-/m1/s1. The van der Waals surface area contributed by atoms with E-state index in [1.54, 1.807) is 21.9 Å². The van der Waals surface area contributed by atoms with E-state index in [9.17, 15) is 9.59 Å². The fourth-order valence-corrected chi connectivity index (χ4v) is 4.80. The number of halogens is 1. The van der Waals surface area contributed by atoms with Crippen molar-refractivity contribution in [3.05, 3.63) is 65.6 Å². The van der Waals surface area contributed by atoms with Crippen LogP contribution in [0.5, 0.6) is 0 Å². The van der Waals surface area contributed by atoms with E-state index >= 15 is 0 Å². The summed E-state index contributed by atoms with van der Waals surface area (Å²) in [6.45, 7) is 3.38. The minimum atomic E-state index is -0.295. The molecular formula is C26H28ClN5O4. The smallest absolute Gasteiger partial charge is 0.290 e. The first-order valence-corrected chi connectivity index (χ1v) is 12.5. The Morgan fingerprint density at radius 2 is 1.86 bits per heavy atom. The molecule has 1 aromatic carbocycles. The zero-order valence-electron chi connectivity index (χ0n) is 19.9. The summed E-state index contributed by atoms with van der Waals surface area (Å²) in [4.78, 5) is 31.5. The molecule has 2 aliphatic heterocycles. The molecule has 0 bridgehead atoms. The van der Waals surface area contributed by atoms with Gasteiger partial charge in [-0.25, -0.2) is 0 Å². The summed E-state index contributed by atoms with van der Waals surface area (Å²) < 4.78 is 11.0. The second-order valence-electron chi connectivity index (χ2n) is 8.92. The zero-order chi connectivity index (χ0) is 24.9. The number of aromatic nitrogens is 2. The van der Waals surface area contributed by atoms with Crippen LogP contribution in [0.15, 0.2) is 59.2 Å². The molecule has 2 amide bonds. The number of hydrogen-bond donors (Lipinski definition) is 0. The molecule has 2 saturated heterocycles. The van der Waals surface area contributed by atoms with Gasteiger partial charge in [0.25, 0.3) is 5.91 Å². The molecule has 1 atom stereocenters. The molecule has 2 aliphatic rings. The number of piperazine rings is 1. The molecule has 0 unspecified atom stereocenters. The zero-order valence-corrected chi connectivity index (χ0v) is 20.6. The van der Waals surface area contributed by atoms with E-state index < -0.39 is 0 Å². The Morgan fingerprint density at radius 1 is 1.03 bits per heavy atom. The van der Waals surface area contributed by atoms with Crippen molar-refractivity contribution in [3.8, 4) is 11.3 Å². The number of amides is 2. The maximum atomic E-state index is 13.1. The van der Waals surface area contributed by atoms with Crippen LogP contribution in [0.3, 0.4) is 0 Å². The quantitative estimate of drug-likeness (QED) is 0.482. The highest BCUT2D eigenvalue weighted by Gasteiger charge is 2.29. The number of ether oxygens (including phenoxy) is 1. The highest BCUT2D eigenvalue weighted by molar-refractivity contribution is 6.33. The molecule has 10 heteroatoms. The van der Waals surface area contributed by atoms with E-state index in [1.165, 1.54) is 6.26 Å². The van der Waals surface area contributed by atoms with Gasteiger partial charge in [-0.1, -0.05) is 29.8 Å². The highest BCUT2D eigenvalue weighted by atomic mass is 35.5. The van der Waals surface area contributed by atoms with Crippen molar-refractivity contribution in [1.29, 1.82) is 0 Å².